The fourth-order valence-electron chi connectivity index (χ4n) is 7.58. The van der Waals surface area contributed by atoms with Gasteiger partial charge in [0.1, 0.15) is 49.3 Å². The zero-order valence-electron chi connectivity index (χ0n) is 35.6. The Morgan fingerprint density at radius 1 is 0.444 bits per heavy atom. The largest absolute Gasteiger partial charge is 0.463 e. The summed E-state index contributed by atoms with van der Waals surface area (Å²) >= 11 is 0. The maximum absolute atomic E-state index is 12.8. The number of carbonyl (C=O) groups excluding carboxylic acids is 4. The maximum Gasteiger partial charge on any atom is 0.303 e. The standard InChI is InChI=1S/C48H54O15/c1-30(49)54-29-38-40(59-31(2)50)46(60-32(3)51)47(61-33(4)52)48(62-38)63-42-39(53)41(55-25-34-17-9-5-10-18-34)43(56-26-35-19-11-6-12-20-35)45(58-28-37-23-15-8-16-24-37)44(42)57-27-36-21-13-7-14-22-36/h5-24,38-48,53H,25-29H2,1-4H3/t38-,39+,40-,41+,42+,43+,44-,45-,46+,47+,48-/m1/s1. The van der Waals surface area contributed by atoms with Crippen molar-refractivity contribution in [2.45, 2.75) is 121 Å². The average molecular weight is 871 g/mol. The second-order valence-electron chi connectivity index (χ2n) is 15.2. The minimum absolute atomic E-state index is 0.0306. The zero-order chi connectivity index (χ0) is 44.7. The fourth-order valence-corrected chi connectivity index (χ4v) is 7.58. The highest BCUT2D eigenvalue weighted by molar-refractivity contribution is 5.68. The Labute approximate surface area is 366 Å². The van der Waals surface area contributed by atoms with Crippen molar-refractivity contribution in [3.63, 3.8) is 0 Å². The number of rotatable bonds is 19. The number of ether oxygens (including phenoxy) is 10. The number of aliphatic hydroxyl groups is 1. The predicted molar refractivity (Wildman–Crippen MR) is 223 cm³/mol. The van der Waals surface area contributed by atoms with Gasteiger partial charge in [-0.05, 0) is 22.3 Å². The van der Waals surface area contributed by atoms with Gasteiger partial charge >= 0.3 is 23.9 Å². The van der Waals surface area contributed by atoms with E-state index in [0.717, 1.165) is 43.0 Å². The molecule has 11 atom stereocenters. The van der Waals surface area contributed by atoms with Gasteiger partial charge in [0.05, 0.1) is 26.4 Å². The lowest BCUT2D eigenvalue weighted by Crippen LogP contribution is -2.69. The first kappa shape index (κ1) is 47.0. The van der Waals surface area contributed by atoms with Gasteiger partial charge in [0.25, 0.3) is 0 Å². The van der Waals surface area contributed by atoms with E-state index in [0.29, 0.717) is 0 Å². The van der Waals surface area contributed by atoms with Gasteiger partial charge in [0, 0.05) is 27.7 Å². The molecule has 0 radical (unpaired) electrons. The van der Waals surface area contributed by atoms with Crippen LogP contribution in [-0.4, -0.2) is 103 Å². The smallest absolute Gasteiger partial charge is 0.303 e. The summed E-state index contributed by atoms with van der Waals surface area (Å²) in [5.41, 5.74) is 3.30. The molecule has 4 aromatic rings. The highest BCUT2D eigenvalue weighted by Crippen LogP contribution is 2.38. The van der Waals surface area contributed by atoms with Crippen LogP contribution in [0.15, 0.2) is 121 Å². The molecule has 1 N–H and O–H groups in total. The van der Waals surface area contributed by atoms with Crippen LogP contribution < -0.4 is 0 Å². The summed E-state index contributed by atoms with van der Waals surface area (Å²) in [5, 5.41) is 12.7. The van der Waals surface area contributed by atoms with E-state index in [2.05, 4.69) is 0 Å². The van der Waals surface area contributed by atoms with Crippen LogP contribution in [0.25, 0.3) is 0 Å². The summed E-state index contributed by atoms with van der Waals surface area (Å²) in [5.74, 6) is -3.10. The second kappa shape index (κ2) is 23.2. The number of aliphatic hydroxyl groups excluding tert-OH is 1. The molecule has 1 heterocycles. The SMILES string of the molecule is CC(=O)OC[C@H]1O[C@H](O[C@H]2[C@@H](O)[C@H](OCc3ccccc3)[C@H](OCc3ccccc3)[C@@H](OCc3ccccc3)[C@@H]2OCc2ccccc2)[C@@H](OC(C)=O)[C@@H](OC(C)=O)[C@@H]1OC(C)=O. The summed E-state index contributed by atoms with van der Waals surface area (Å²) in [6.45, 7) is 4.37. The Morgan fingerprint density at radius 3 is 1.19 bits per heavy atom. The van der Waals surface area contributed by atoms with E-state index in [-0.39, 0.29) is 26.4 Å². The third-order valence-electron chi connectivity index (χ3n) is 10.3. The monoisotopic (exact) mass is 870 g/mol. The first-order chi connectivity index (χ1) is 30.5. The minimum Gasteiger partial charge on any atom is -0.463 e. The van der Waals surface area contributed by atoms with E-state index in [1.54, 1.807) is 0 Å². The quantitative estimate of drug-likeness (QED) is 0.0963. The lowest BCUT2D eigenvalue weighted by Gasteiger charge is -2.50. The van der Waals surface area contributed by atoms with E-state index in [1.165, 1.54) is 6.92 Å². The Kier molecular flexibility index (Phi) is 17.3. The number of carbonyl (C=O) groups is 4. The highest BCUT2D eigenvalue weighted by Gasteiger charge is 2.58. The number of esters is 4. The first-order valence-corrected chi connectivity index (χ1v) is 20.7. The third-order valence-corrected chi connectivity index (χ3v) is 10.3. The van der Waals surface area contributed by atoms with Gasteiger partial charge in [-0.2, -0.15) is 0 Å². The molecule has 0 spiro atoms. The summed E-state index contributed by atoms with van der Waals surface area (Å²) in [6, 6.07) is 37.7. The van der Waals surface area contributed by atoms with Crippen LogP contribution in [0.1, 0.15) is 49.9 Å². The fraction of sp³-hybridized carbons (Fsp3) is 0.417. The third kappa shape index (κ3) is 13.5. The van der Waals surface area contributed by atoms with Crippen LogP contribution in [0.2, 0.25) is 0 Å². The first-order valence-electron chi connectivity index (χ1n) is 20.7. The molecule has 1 saturated heterocycles. The molecule has 0 unspecified atom stereocenters. The predicted octanol–water partition coefficient (Wildman–Crippen LogP) is 5.17. The molecule has 63 heavy (non-hydrogen) atoms. The van der Waals surface area contributed by atoms with Gasteiger partial charge in [-0.25, -0.2) is 0 Å². The van der Waals surface area contributed by atoms with Crippen molar-refractivity contribution in [3.05, 3.63) is 144 Å². The minimum atomic E-state index is -1.67. The van der Waals surface area contributed by atoms with Gasteiger partial charge in [0.2, 0.25) is 0 Å². The van der Waals surface area contributed by atoms with E-state index >= 15 is 0 Å². The van der Waals surface area contributed by atoms with E-state index in [1.807, 2.05) is 121 Å². The van der Waals surface area contributed by atoms with Crippen LogP contribution in [0.3, 0.4) is 0 Å². The number of hydrogen-bond donors (Lipinski definition) is 1. The highest BCUT2D eigenvalue weighted by atomic mass is 16.7. The van der Waals surface area contributed by atoms with E-state index in [4.69, 9.17) is 47.4 Å². The Hall–Kier alpha value is -5.52. The number of benzene rings is 4. The molecule has 2 fully saturated rings. The van der Waals surface area contributed by atoms with Crippen LogP contribution >= 0.6 is 0 Å². The summed E-state index contributed by atoms with van der Waals surface area (Å²) in [6.07, 6.45) is -14.8. The average Bonchev–Trinajstić information content (AvgIpc) is 3.27. The lowest BCUT2D eigenvalue weighted by molar-refractivity contribution is -0.351. The molecule has 1 aliphatic heterocycles. The van der Waals surface area contributed by atoms with Crippen molar-refractivity contribution in [3.8, 4) is 0 Å². The maximum atomic E-state index is 12.8. The Bertz CT molecular complexity index is 2040. The van der Waals surface area contributed by atoms with Gasteiger partial charge in [-0.1, -0.05) is 121 Å². The molecule has 4 aromatic carbocycles. The molecule has 0 aromatic heterocycles. The van der Waals surface area contributed by atoms with Crippen molar-refractivity contribution >= 4 is 23.9 Å². The summed E-state index contributed by atoms with van der Waals surface area (Å²) in [7, 11) is 0. The molecule has 1 saturated carbocycles. The molecule has 0 bridgehead atoms. The molecule has 15 nitrogen and oxygen atoms in total. The molecule has 6 rings (SSSR count). The number of hydrogen-bond acceptors (Lipinski definition) is 15. The van der Waals surface area contributed by atoms with Gasteiger partial charge in [-0.3, -0.25) is 19.2 Å². The van der Waals surface area contributed by atoms with Crippen molar-refractivity contribution in [1.82, 2.24) is 0 Å². The van der Waals surface area contributed by atoms with Crippen LogP contribution in [0.5, 0.6) is 0 Å². The van der Waals surface area contributed by atoms with Gasteiger partial charge in [0.15, 0.2) is 24.6 Å². The molecule has 2 aliphatic rings. The molecule has 0 amide bonds. The normalized spacial score (nSPS) is 26.8. The topological polar surface area (TPSA) is 181 Å². The Balaban J connectivity index is 1.46. The molecule has 1 aliphatic carbocycles. The molecular formula is C48H54O15. The van der Waals surface area contributed by atoms with Crippen LogP contribution in [0, 0.1) is 0 Å². The van der Waals surface area contributed by atoms with E-state index < -0.39 is 97.8 Å². The van der Waals surface area contributed by atoms with Crippen LogP contribution in [-0.2, 0) is 93.0 Å². The lowest BCUT2D eigenvalue weighted by atomic mass is 9.83. The zero-order valence-corrected chi connectivity index (χ0v) is 35.6. The van der Waals surface area contributed by atoms with Gasteiger partial charge in [-0.15, -0.1) is 0 Å². The van der Waals surface area contributed by atoms with Gasteiger partial charge < -0.3 is 52.5 Å². The second-order valence-corrected chi connectivity index (χ2v) is 15.2. The summed E-state index contributed by atoms with van der Waals surface area (Å²) < 4.78 is 62.3. The van der Waals surface area contributed by atoms with Crippen molar-refractivity contribution in [2.75, 3.05) is 6.61 Å². The van der Waals surface area contributed by atoms with Crippen molar-refractivity contribution in [2.24, 2.45) is 0 Å². The Morgan fingerprint density at radius 2 is 0.794 bits per heavy atom. The summed E-state index contributed by atoms with van der Waals surface area (Å²) in [4.78, 5) is 50.0. The molecular weight excluding hydrogens is 817 g/mol. The van der Waals surface area contributed by atoms with E-state index in [9.17, 15) is 24.3 Å². The molecule has 336 valence electrons. The van der Waals surface area contributed by atoms with Crippen molar-refractivity contribution < 1.29 is 71.7 Å². The van der Waals surface area contributed by atoms with Crippen molar-refractivity contribution in [1.29, 1.82) is 0 Å². The molecule has 15 heteroatoms. The van der Waals surface area contributed by atoms with Crippen LogP contribution in [0.4, 0.5) is 0 Å².